The third-order valence-corrected chi connectivity index (χ3v) is 3.22. The number of rotatable bonds is 2. The zero-order valence-corrected chi connectivity index (χ0v) is 9.90. The lowest BCUT2D eigenvalue weighted by molar-refractivity contribution is -0.119. The lowest BCUT2D eigenvalue weighted by Gasteiger charge is -2.36. The molecule has 1 aliphatic heterocycles. The molecular weight excluding hydrogens is 233 g/mol. The third kappa shape index (κ3) is 2.28. The summed E-state index contributed by atoms with van der Waals surface area (Å²) in [5.74, 6) is -0.856. The van der Waals surface area contributed by atoms with Crippen LogP contribution in [0.3, 0.4) is 0 Å². The lowest BCUT2D eigenvalue weighted by Crippen LogP contribution is -2.48. The maximum absolute atomic E-state index is 13.1. The summed E-state index contributed by atoms with van der Waals surface area (Å²) in [6.45, 7) is 0.661. The molecule has 1 aromatic rings. The summed E-state index contributed by atoms with van der Waals surface area (Å²) in [7, 11) is 0. The number of halogens is 1. The molecule has 18 heavy (non-hydrogen) atoms. The van der Waals surface area contributed by atoms with Crippen molar-refractivity contribution in [2.24, 2.45) is 5.73 Å². The largest absolute Gasteiger partial charge is 0.368 e. The molecule has 0 radical (unpaired) electrons. The zero-order valence-electron chi connectivity index (χ0n) is 9.90. The van der Waals surface area contributed by atoms with Crippen molar-refractivity contribution in [3.63, 3.8) is 0 Å². The van der Waals surface area contributed by atoms with E-state index in [1.807, 2.05) is 11.0 Å². The Morgan fingerprint density at radius 1 is 1.50 bits per heavy atom. The van der Waals surface area contributed by atoms with E-state index in [0.29, 0.717) is 18.7 Å². The van der Waals surface area contributed by atoms with E-state index in [0.717, 1.165) is 12.8 Å². The first-order valence-corrected chi connectivity index (χ1v) is 5.89. The molecule has 1 fully saturated rings. The summed E-state index contributed by atoms with van der Waals surface area (Å²) in [5, 5.41) is 9.04. The topological polar surface area (TPSA) is 70.1 Å². The number of hydrogen-bond acceptors (Lipinski definition) is 3. The van der Waals surface area contributed by atoms with Crippen molar-refractivity contribution in [3.05, 3.63) is 29.6 Å². The highest BCUT2D eigenvalue weighted by Crippen LogP contribution is 2.28. The quantitative estimate of drug-likeness (QED) is 0.861. The molecule has 1 aromatic carbocycles. The number of nitrogens with two attached hydrogens (primary N) is 1. The highest BCUT2D eigenvalue weighted by molar-refractivity contribution is 5.84. The van der Waals surface area contributed by atoms with Gasteiger partial charge in [0.25, 0.3) is 0 Å². The van der Waals surface area contributed by atoms with Gasteiger partial charge in [-0.2, -0.15) is 5.26 Å². The maximum Gasteiger partial charge on any atom is 0.240 e. The van der Waals surface area contributed by atoms with Crippen LogP contribution >= 0.6 is 0 Å². The molecule has 94 valence electrons. The van der Waals surface area contributed by atoms with E-state index in [4.69, 9.17) is 11.0 Å². The normalized spacial score (nSPS) is 19.3. The smallest absolute Gasteiger partial charge is 0.240 e. The van der Waals surface area contributed by atoms with Gasteiger partial charge in [0.05, 0.1) is 11.3 Å². The number of benzene rings is 1. The van der Waals surface area contributed by atoms with Gasteiger partial charge in [0.1, 0.15) is 17.9 Å². The summed E-state index contributed by atoms with van der Waals surface area (Å²) in [6.07, 6.45) is 2.55. The van der Waals surface area contributed by atoms with Gasteiger partial charge < -0.3 is 10.6 Å². The van der Waals surface area contributed by atoms with Gasteiger partial charge in [-0.25, -0.2) is 4.39 Å². The molecular formula is C13H14FN3O. The van der Waals surface area contributed by atoms with Gasteiger partial charge in [-0.3, -0.25) is 4.79 Å². The minimum absolute atomic E-state index is 0.239. The Morgan fingerprint density at radius 3 is 2.94 bits per heavy atom. The Bertz CT molecular complexity index is 509. The van der Waals surface area contributed by atoms with Crippen molar-refractivity contribution >= 4 is 11.6 Å². The summed E-state index contributed by atoms with van der Waals surface area (Å²) >= 11 is 0. The molecule has 0 spiro atoms. The predicted octanol–water partition coefficient (Wildman–Crippen LogP) is 1.54. The van der Waals surface area contributed by atoms with Crippen molar-refractivity contribution < 1.29 is 9.18 Å². The second kappa shape index (κ2) is 5.05. The highest BCUT2D eigenvalue weighted by atomic mass is 19.1. The summed E-state index contributed by atoms with van der Waals surface area (Å²) in [5.41, 5.74) is 6.20. The molecule has 1 heterocycles. The number of nitriles is 1. The van der Waals surface area contributed by atoms with Crippen LogP contribution in [-0.2, 0) is 4.79 Å². The monoisotopic (exact) mass is 247 g/mol. The molecule has 0 aliphatic carbocycles. The summed E-state index contributed by atoms with van der Waals surface area (Å²) in [4.78, 5) is 13.2. The summed E-state index contributed by atoms with van der Waals surface area (Å²) in [6, 6.07) is 5.57. The van der Waals surface area contributed by atoms with Crippen LogP contribution in [0.25, 0.3) is 0 Å². The maximum atomic E-state index is 13.1. The molecule has 0 saturated carbocycles. The van der Waals surface area contributed by atoms with Gasteiger partial charge in [-0.05, 0) is 37.5 Å². The van der Waals surface area contributed by atoms with E-state index in [2.05, 4.69) is 0 Å². The average Bonchev–Trinajstić information content (AvgIpc) is 2.38. The molecule has 0 bridgehead atoms. The number of carbonyl (C=O) groups is 1. The fourth-order valence-corrected chi connectivity index (χ4v) is 2.36. The van der Waals surface area contributed by atoms with Gasteiger partial charge in [0, 0.05) is 6.54 Å². The van der Waals surface area contributed by atoms with E-state index in [-0.39, 0.29) is 5.56 Å². The number of piperidine rings is 1. The van der Waals surface area contributed by atoms with Gasteiger partial charge in [0.15, 0.2) is 0 Å². The first kappa shape index (κ1) is 12.4. The van der Waals surface area contributed by atoms with Crippen LogP contribution in [0.1, 0.15) is 24.8 Å². The first-order chi connectivity index (χ1) is 8.63. The fourth-order valence-electron chi connectivity index (χ4n) is 2.36. The lowest BCUT2D eigenvalue weighted by atomic mass is 9.99. The van der Waals surface area contributed by atoms with Gasteiger partial charge in [-0.1, -0.05) is 0 Å². The molecule has 2 rings (SSSR count). The standard InChI is InChI=1S/C13H14FN3O/c14-10-4-5-11(9(7-10)8-15)17-6-2-1-3-12(17)13(16)18/h4-5,7,12H,1-3,6H2,(H2,16,18). The van der Waals surface area contributed by atoms with Crippen molar-refractivity contribution in [2.75, 3.05) is 11.4 Å². The SMILES string of the molecule is N#Cc1cc(F)ccc1N1CCCCC1C(N)=O. The molecule has 1 amide bonds. The number of primary amides is 1. The molecule has 2 N–H and O–H groups in total. The Morgan fingerprint density at radius 2 is 2.28 bits per heavy atom. The Hall–Kier alpha value is -2.09. The second-order valence-electron chi connectivity index (χ2n) is 4.38. The molecule has 4 nitrogen and oxygen atoms in total. The zero-order chi connectivity index (χ0) is 13.1. The van der Waals surface area contributed by atoms with Crippen LogP contribution in [-0.4, -0.2) is 18.5 Å². The average molecular weight is 247 g/mol. The highest BCUT2D eigenvalue weighted by Gasteiger charge is 2.28. The van der Waals surface area contributed by atoms with E-state index < -0.39 is 17.8 Å². The number of anilines is 1. The van der Waals surface area contributed by atoms with Gasteiger partial charge >= 0.3 is 0 Å². The molecule has 5 heteroatoms. The van der Waals surface area contributed by atoms with E-state index in [9.17, 15) is 9.18 Å². The van der Waals surface area contributed by atoms with Crippen LogP contribution in [0.15, 0.2) is 18.2 Å². The Kier molecular flexibility index (Phi) is 3.47. The first-order valence-electron chi connectivity index (χ1n) is 5.89. The van der Waals surface area contributed by atoms with Crippen molar-refractivity contribution in [3.8, 4) is 6.07 Å². The van der Waals surface area contributed by atoms with Gasteiger partial charge in [0.2, 0.25) is 5.91 Å². The number of carbonyl (C=O) groups excluding carboxylic acids is 1. The Balaban J connectivity index is 2.40. The molecule has 1 aliphatic rings. The number of amides is 1. The van der Waals surface area contributed by atoms with E-state index >= 15 is 0 Å². The van der Waals surface area contributed by atoms with Crippen molar-refractivity contribution in [2.45, 2.75) is 25.3 Å². The number of nitrogens with zero attached hydrogens (tertiary/aromatic N) is 2. The van der Waals surface area contributed by atoms with Crippen LogP contribution in [0, 0.1) is 17.1 Å². The molecule has 1 saturated heterocycles. The van der Waals surface area contributed by atoms with E-state index in [1.165, 1.54) is 18.2 Å². The predicted molar refractivity (Wildman–Crippen MR) is 65.3 cm³/mol. The van der Waals surface area contributed by atoms with Crippen LogP contribution in [0.5, 0.6) is 0 Å². The molecule has 0 aromatic heterocycles. The van der Waals surface area contributed by atoms with Gasteiger partial charge in [-0.15, -0.1) is 0 Å². The second-order valence-corrected chi connectivity index (χ2v) is 4.38. The van der Waals surface area contributed by atoms with Crippen LogP contribution in [0.4, 0.5) is 10.1 Å². The van der Waals surface area contributed by atoms with E-state index in [1.54, 1.807) is 0 Å². The Labute approximate surface area is 105 Å². The number of hydrogen-bond donors (Lipinski definition) is 1. The van der Waals surface area contributed by atoms with Crippen molar-refractivity contribution in [1.82, 2.24) is 0 Å². The minimum atomic E-state index is -0.456. The summed E-state index contributed by atoms with van der Waals surface area (Å²) < 4.78 is 13.1. The molecule has 1 unspecified atom stereocenters. The fraction of sp³-hybridized carbons (Fsp3) is 0.385. The van der Waals surface area contributed by atoms with Crippen LogP contribution in [0.2, 0.25) is 0 Å². The van der Waals surface area contributed by atoms with Crippen molar-refractivity contribution in [1.29, 1.82) is 5.26 Å². The third-order valence-electron chi connectivity index (χ3n) is 3.22. The van der Waals surface area contributed by atoms with Crippen LogP contribution < -0.4 is 10.6 Å². The molecule has 1 atom stereocenters. The minimum Gasteiger partial charge on any atom is -0.368 e.